The molecule has 0 saturated carbocycles. The van der Waals surface area contributed by atoms with Gasteiger partial charge in [0.25, 0.3) is 0 Å². The van der Waals surface area contributed by atoms with Crippen LogP contribution >= 0.6 is 0 Å². The number of esters is 1. The largest absolute Gasteiger partial charge is 0.465 e. The van der Waals surface area contributed by atoms with E-state index in [2.05, 4.69) is 10.1 Å². The fourth-order valence-electron chi connectivity index (χ4n) is 0.553. The van der Waals surface area contributed by atoms with Gasteiger partial charge in [-0.25, -0.2) is 0 Å². The van der Waals surface area contributed by atoms with Crippen molar-refractivity contribution in [1.82, 2.24) is 5.32 Å². The van der Waals surface area contributed by atoms with Crippen LogP contribution in [0, 0.1) is 0 Å². The van der Waals surface area contributed by atoms with Gasteiger partial charge in [-0.2, -0.15) is 0 Å². The number of carbonyl (C=O) groups excluding carboxylic acids is 2. The summed E-state index contributed by atoms with van der Waals surface area (Å²) in [6.45, 7) is 3.90. The number of rotatable bonds is 5. The van der Waals surface area contributed by atoms with Crippen molar-refractivity contribution in [3.05, 3.63) is 0 Å². The summed E-state index contributed by atoms with van der Waals surface area (Å²) in [4.78, 5) is 21.0. The molecule has 0 spiro atoms. The number of Topliss-reactive ketones (excluding diaryl/α,β-unsaturated/α-hetero) is 1. The Kier molecular flexibility index (Phi) is 9.27. The van der Waals surface area contributed by atoms with Crippen molar-refractivity contribution in [3.8, 4) is 0 Å². The fourth-order valence-corrected chi connectivity index (χ4v) is 0.553. The second-order valence-corrected chi connectivity index (χ2v) is 2.11. The number of carbonyl (C=O) groups is 2. The van der Waals surface area contributed by atoms with E-state index in [-0.39, 0.29) is 30.3 Å². The van der Waals surface area contributed by atoms with Crippen LogP contribution in [0.1, 0.15) is 13.8 Å². The van der Waals surface area contributed by atoms with Gasteiger partial charge in [0.15, 0.2) is 0 Å². The predicted octanol–water partition coefficient (Wildman–Crippen LogP) is -1.10. The van der Waals surface area contributed by atoms with E-state index in [9.17, 15) is 9.59 Å². The van der Waals surface area contributed by atoms with E-state index >= 15 is 0 Å². The molecule has 0 aromatic heterocycles. The van der Waals surface area contributed by atoms with Crippen LogP contribution in [0.5, 0.6) is 0 Å². The lowest BCUT2D eigenvalue weighted by Crippen LogP contribution is -2.28. The van der Waals surface area contributed by atoms with Gasteiger partial charge in [0, 0.05) is 0 Å². The predicted molar refractivity (Wildman–Crippen MR) is 43.8 cm³/mol. The Morgan fingerprint density at radius 2 is 1.92 bits per heavy atom. The highest BCUT2D eigenvalue weighted by Gasteiger charge is 2.00. The molecule has 0 rings (SSSR count). The first-order chi connectivity index (χ1) is 5.16. The fraction of sp³-hybridized carbons (Fsp3) is 0.714. The van der Waals surface area contributed by atoms with Crippen molar-refractivity contribution in [3.63, 3.8) is 0 Å². The second kappa shape index (κ2) is 8.16. The molecular weight excluding hydrogens is 162 g/mol. The molecule has 12 heavy (non-hydrogen) atoms. The Morgan fingerprint density at radius 3 is 2.33 bits per heavy atom. The average molecular weight is 177 g/mol. The summed E-state index contributed by atoms with van der Waals surface area (Å²) in [5.74, 6) is -0.317. The van der Waals surface area contributed by atoms with Crippen LogP contribution in [0.2, 0.25) is 0 Å². The molecule has 0 aromatic rings. The topological polar surface area (TPSA) is 86.9 Å². The molecule has 0 unspecified atom stereocenters. The Balaban J connectivity index is 0. The minimum atomic E-state index is -0.325. The average Bonchev–Trinajstić information content (AvgIpc) is 1.87. The van der Waals surface area contributed by atoms with E-state index < -0.39 is 0 Å². The maximum atomic E-state index is 10.6. The molecule has 0 amide bonds. The zero-order valence-electron chi connectivity index (χ0n) is 7.35. The molecule has 0 atom stereocenters. The molecule has 0 fully saturated rings. The molecule has 5 heteroatoms. The van der Waals surface area contributed by atoms with Crippen molar-refractivity contribution in [1.29, 1.82) is 0 Å². The van der Waals surface area contributed by atoms with Crippen LogP contribution in [-0.2, 0) is 14.3 Å². The van der Waals surface area contributed by atoms with Gasteiger partial charge < -0.3 is 15.5 Å². The summed E-state index contributed by atoms with van der Waals surface area (Å²) >= 11 is 0. The summed E-state index contributed by atoms with van der Waals surface area (Å²) < 4.78 is 4.61. The van der Waals surface area contributed by atoms with Crippen LogP contribution in [0.3, 0.4) is 0 Å². The van der Waals surface area contributed by atoms with Gasteiger partial charge >= 0.3 is 5.97 Å². The lowest BCUT2D eigenvalue weighted by Gasteiger charge is -2.01. The number of hydrogen-bond donors (Lipinski definition) is 1. The Bertz CT molecular complexity index is 146. The van der Waals surface area contributed by atoms with Crippen LogP contribution in [0.15, 0.2) is 0 Å². The third-order valence-electron chi connectivity index (χ3n) is 0.949. The number of ether oxygens (including phenoxy) is 1. The van der Waals surface area contributed by atoms with E-state index in [1.807, 2.05) is 0 Å². The first-order valence-corrected chi connectivity index (χ1v) is 3.52. The minimum absolute atomic E-state index is 0. The third kappa shape index (κ3) is 9.06. The van der Waals surface area contributed by atoms with Crippen molar-refractivity contribution < 1.29 is 19.8 Å². The van der Waals surface area contributed by atoms with Gasteiger partial charge in [0.1, 0.15) is 5.78 Å². The Labute approximate surface area is 71.4 Å². The van der Waals surface area contributed by atoms with Crippen LogP contribution in [0.4, 0.5) is 0 Å². The molecule has 0 aliphatic heterocycles. The quantitative estimate of drug-likeness (QED) is 0.540. The highest BCUT2D eigenvalue weighted by molar-refractivity contribution is 5.78. The van der Waals surface area contributed by atoms with Gasteiger partial charge in [0.05, 0.1) is 19.7 Å². The van der Waals surface area contributed by atoms with E-state index in [1.165, 1.54) is 6.92 Å². The van der Waals surface area contributed by atoms with Crippen molar-refractivity contribution in [2.24, 2.45) is 0 Å². The number of nitrogens with one attached hydrogen (secondary N) is 1. The molecule has 0 bridgehead atoms. The number of ketones is 1. The van der Waals surface area contributed by atoms with Gasteiger partial charge in [-0.15, -0.1) is 0 Å². The maximum absolute atomic E-state index is 10.6. The second-order valence-electron chi connectivity index (χ2n) is 2.11. The summed E-state index contributed by atoms with van der Waals surface area (Å²) in [6.07, 6.45) is 0. The van der Waals surface area contributed by atoms with Crippen LogP contribution in [-0.4, -0.2) is 36.9 Å². The minimum Gasteiger partial charge on any atom is -0.465 e. The third-order valence-corrected chi connectivity index (χ3v) is 0.949. The highest BCUT2D eigenvalue weighted by Crippen LogP contribution is 1.74. The summed E-state index contributed by atoms with van der Waals surface area (Å²) in [6, 6.07) is 0. The number of hydrogen-bond acceptors (Lipinski definition) is 4. The molecular formula is C7H15NO4. The van der Waals surface area contributed by atoms with Gasteiger partial charge in [-0.05, 0) is 13.8 Å². The summed E-state index contributed by atoms with van der Waals surface area (Å²) in [5, 5.41) is 2.65. The molecule has 0 aliphatic rings. The molecule has 0 saturated heterocycles. The Hall–Kier alpha value is -0.940. The van der Waals surface area contributed by atoms with Crippen LogP contribution < -0.4 is 5.32 Å². The van der Waals surface area contributed by atoms with E-state index in [4.69, 9.17) is 0 Å². The normalized spacial score (nSPS) is 8.50. The molecule has 0 heterocycles. The molecule has 0 aromatic carbocycles. The maximum Gasteiger partial charge on any atom is 0.319 e. The molecule has 3 N–H and O–H groups in total. The van der Waals surface area contributed by atoms with Gasteiger partial charge in [-0.3, -0.25) is 9.59 Å². The first-order valence-electron chi connectivity index (χ1n) is 3.52. The monoisotopic (exact) mass is 177 g/mol. The first kappa shape index (κ1) is 13.6. The SMILES string of the molecule is CCOC(=O)CNCC(C)=O.O. The van der Waals surface area contributed by atoms with Crippen molar-refractivity contribution >= 4 is 11.8 Å². The smallest absolute Gasteiger partial charge is 0.319 e. The van der Waals surface area contributed by atoms with Crippen molar-refractivity contribution in [2.75, 3.05) is 19.7 Å². The molecule has 5 nitrogen and oxygen atoms in total. The lowest BCUT2D eigenvalue weighted by atomic mass is 10.4. The summed E-state index contributed by atoms with van der Waals surface area (Å²) in [5.41, 5.74) is 0. The van der Waals surface area contributed by atoms with E-state index in [1.54, 1.807) is 6.92 Å². The highest BCUT2D eigenvalue weighted by atomic mass is 16.5. The van der Waals surface area contributed by atoms with Crippen LogP contribution in [0.25, 0.3) is 0 Å². The van der Waals surface area contributed by atoms with Gasteiger partial charge in [0.2, 0.25) is 0 Å². The van der Waals surface area contributed by atoms with E-state index in [0.29, 0.717) is 6.61 Å². The lowest BCUT2D eigenvalue weighted by molar-refractivity contribution is -0.141. The molecule has 72 valence electrons. The standard InChI is InChI=1S/C7H13NO3.H2O/c1-3-11-7(10)5-8-4-6(2)9;/h8H,3-5H2,1-2H3;1H2. The van der Waals surface area contributed by atoms with Crippen molar-refractivity contribution in [2.45, 2.75) is 13.8 Å². The molecule has 0 radical (unpaired) electrons. The zero-order chi connectivity index (χ0) is 8.69. The van der Waals surface area contributed by atoms with E-state index in [0.717, 1.165) is 0 Å². The molecule has 0 aliphatic carbocycles. The zero-order valence-corrected chi connectivity index (χ0v) is 7.35. The summed E-state index contributed by atoms with van der Waals surface area (Å²) in [7, 11) is 0. The van der Waals surface area contributed by atoms with Gasteiger partial charge in [-0.1, -0.05) is 0 Å². The Morgan fingerprint density at radius 1 is 1.33 bits per heavy atom.